The number of β-lactam (4-membered cyclic amide) rings is 1. The molecule has 12 nitrogen and oxygen atoms in total. The van der Waals surface area contributed by atoms with E-state index in [0.29, 0.717) is 22.1 Å². The fourth-order valence-electron chi connectivity index (χ4n) is 3.42. The van der Waals surface area contributed by atoms with Crippen molar-refractivity contribution in [3.63, 3.8) is 0 Å². The highest BCUT2D eigenvalue weighted by Gasteiger charge is 2.54. The maximum atomic E-state index is 12.7. The van der Waals surface area contributed by atoms with Crippen LogP contribution in [-0.4, -0.2) is 73.4 Å². The molecule has 0 aliphatic carbocycles. The van der Waals surface area contributed by atoms with Crippen LogP contribution in [0.1, 0.15) is 12.8 Å². The zero-order chi connectivity index (χ0) is 25.8. The summed E-state index contributed by atoms with van der Waals surface area (Å²) < 4.78 is 11.0. The van der Waals surface area contributed by atoms with Crippen molar-refractivity contribution in [3.05, 3.63) is 46.4 Å². The molecule has 3 amide bonds. The molecule has 2 atom stereocenters. The molecule has 1 fully saturated rings. The number of nitrogens with one attached hydrogen (secondary N) is 2. The second-order valence-corrected chi connectivity index (χ2v) is 10.1. The molecule has 2 aliphatic heterocycles. The number of carboxylic acid groups (broad SMARTS) is 1. The van der Waals surface area contributed by atoms with E-state index in [9.17, 15) is 24.3 Å². The molecule has 0 radical (unpaired) electrons. The van der Waals surface area contributed by atoms with Gasteiger partial charge in [-0.2, -0.15) is 0 Å². The van der Waals surface area contributed by atoms with Crippen LogP contribution >= 0.6 is 35.1 Å². The second-order valence-electron chi connectivity index (χ2n) is 7.62. The van der Waals surface area contributed by atoms with E-state index in [1.807, 2.05) is 0 Å². The van der Waals surface area contributed by atoms with E-state index < -0.39 is 29.2 Å². The molecule has 2 aromatic rings. The lowest BCUT2D eigenvalue weighted by atomic mass is 10.0. The van der Waals surface area contributed by atoms with Crippen LogP contribution in [0.25, 0.3) is 0 Å². The van der Waals surface area contributed by atoms with Crippen LogP contribution in [0.15, 0.2) is 45.2 Å². The van der Waals surface area contributed by atoms with Crippen LogP contribution in [0.4, 0.5) is 0 Å². The zero-order valence-electron chi connectivity index (χ0n) is 18.7. The number of rotatable bonds is 10. The molecular formula is C21H20ClN5O7S2. The number of carbonyl (C=O) groups excluding carboxylic acids is 3. The van der Waals surface area contributed by atoms with Crippen LogP contribution in [-0.2, 0) is 25.8 Å². The smallest absolute Gasteiger partial charge is 0.352 e. The largest absolute Gasteiger partial charge is 0.484 e. The van der Waals surface area contributed by atoms with Crippen LogP contribution < -0.4 is 15.4 Å². The number of aliphatic carboxylic acids is 1. The number of carboxylic acids is 1. The van der Waals surface area contributed by atoms with Gasteiger partial charge in [0, 0.05) is 24.2 Å². The molecule has 3 N–H and O–H groups in total. The third kappa shape index (κ3) is 5.94. The summed E-state index contributed by atoms with van der Waals surface area (Å²) in [4.78, 5) is 49.2. The fraction of sp³-hybridized carbons (Fsp3) is 0.333. The van der Waals surface area contributed by atoms with E-state index in [-0.39, 0.29) is 41.6 Å². The normalized spacial score (nSPS) is 18.8. The molecule has 0 saturated carbocycles. The highest BCUT2D eigenvalue weighted by atomic mass is 35.5. The minimum Gasteiger partial charge on any atom is -0.484 e. The summed E-state index contributed by atoms with van der Waals surface area (Å²) in [6.07, 6.45) is 0. The Morgan fingerprint density at radius 3 is 2.75 bits per heavy atom. The molecule has 190 valence electrons. The number of amides is 3. The molecular weight excluding hydrogens is 534 g/mol. The first-order valence-electron chi connectivity index (χ1n) is 10.5. The van der Waals surface area contributed by atoms with Gasteiger partial charge in [0.2, 0.25) is 11.8 Å². The van der Waals surface area contributed by atoms with Gasteiger partial charge in [-0.05, 0) is 29.8 Å². The summed E-state index contributed by atoms with van der Waals surface area (Å²) in [5.41, 5.74) is 0.274. The summed E-state index contributed by atoms with van der Waals surface area (Å²) in [6, 6.07) is 5.92. The van der Waals surface area contributed by atoms with Crippen LogP contribution in [0.3, 0.4) is 0 Å². The van der Waals surface area contributed by atoms with Crippen molar-refractivity contribution in [2.45, 2.75) is 30.2 Å². The van der Waals surface area contributed by atoms with Gasteiger partial charge in [-0.15, -0.1) is 22.0 Å². The van der Waals surface area contributed by atoms with E-state index in [4.69, 9.17) is 20.8 Å². The number of benzene rings is 1. The van der Waals surface area contributed by atoms with Crippen LogP contribution in [0, 0.1) is 0 Å². The van der Waals surface area contributed by atoms with E-state index in [2.05, 4.69) is 20.8 Å². The molecule has 1 saturated heterocycles. The second kappa shape index (κ2) is 11.2. The lowest BCUT2D eigenvalue weighted by Gasteiger charge is -2.49. The third-order valence-corrected chi connectivity index (χ3v) is 7.48. The number of halogens is 1. The van der Waals surface area contributed by atoms with Crippen LogP contribution in [0.5, 0.6) is 5.75 Å². The summed E-state index contributed by atoms with van der Waals surface area (Å²) >= 11 is 8.15. The minimum absolute atomic E-state index is 0.0328. The highest BCUT2D eigenvalue weighted by molar-refractivity contribution is 8.00. The Hall–Kier alpha value is -3.23. The van der Waals surface area contributed by atoms with Gasteiger partial charge in [0.05, 0.1) is 5.75 Å². The number of carbonyl (C=O) groups is 4. The first-order chi connectivity index (χ1) is 17.2. The van der Waals surface area contributed by atoms with Crippen molar-refractivity contribution in [1.82, 2.24) is 25.7 Å². The van der Waals surface area contributed by atoms with E-state index >= 15 is 0 Å². The van der Waals surface area contributed by atoms with Gasteiger partial charge in [-0.25, -0.2) is 4.79 Å². The van der Waals surface area contributed by atoms with Crippen LogP contribution in [0.2, 0.25) is 5.02 Å². The average molecular weight is 554 g/mol. The van der Waals surface area contributed by atoms with E-state index in [1.54, 1.807) is 24.3 Å². The Kier molecular flexibility index (Phi) is 8.06. The average Bonchev–Trinajstić information content (AvgIpc) is 3.31. The van der Waals surface area contributed by atoms with Gasteiger partial charge in [-0.3, -0.25) is 19.3 Å². The van der Waals surface area contributed by atoms with Gasteiger partial charge < -0.3 is 24.9 Å². The van der Waals surface area contributed by atoms with Crippen molar-refractivity contribution in [1.29, 1.82) is 0 Å². The molecule has 1 aromatic carbocycles. The minimum atomic E-state index is -1.26. The Bertz CT molecular complexity index is 1220. The summed E-state index contributed by atoms with van der Waals surface area (Å²) in [5.74, 6) is -1.52. The van der Waals surface area contributed by atoms with Gasteiger partial charge in [0.25, 0.3) is 17.0 Å². The predicted molar refractivity (Wildman–Crippen MR) is 129 cm³/mol. The van der Waals surface area contributed by atoms with Gasteiger partial charge in [0.15, 0.2) is 6.61 Å². The van der Waals surface area contributed by atoms with Crippen molar-refractivity contribution in [3.8, 4) is 5.75 Å². The lowest BCUT2D eigenvalue weighted by Crippen LogP contribution is -2.70. The Morgan fingerprint density at radius 1 is 1.31 bits per heavy atom. The molecule has 1 unspecified atom stereocenters. The number of hydrogen-bond acceptors (Lipinski definition) is 10. The van der Waals surface area contributed by atoms with Crippen molar-refractivity contribution in [2.24, 2.45) is 0 Å². The van der Waals surface area contributed by atoms with Crippen molar-refractivity contribution < 1.29 is 33.4 Å². The lowest BCUT2D eigenvalue weighted by molar-refractivity contribution is -0.150. The molecule has 2 aliphatic rings. The van der Waals surface area contributed by atoms with Crippen molar-refractivity contribution >= 4 is 58.8 Å². The number of hydrogen-bond donors (Lipinski definition) is 3. The Balaban J connectivity index is 1.27. The fourth-order valence-corrected chi connectivity index (χ4v) is 5.49. The topological polar surface area (TPSA) is 164 Å². The Labute approximate surface area is 218 Å². The van der Waals surface area contributed by atoms with Gasteiger partial charge in [-0.1, -0.05) is 23.4 Å². The Morgan fingerprint density at radius 2 is 2.06 bits per heavy atom. The standard InChI is InChI=1S/C21H20ClN5O7S2/c1-10(28)23-6-11-8-35-19-16(18(30)27(19)17(11)20(31)32)24-14(29)9-36-21-26-25-15(34-21)7-33-13-4-2-12(22)3-5-13/h2-5,16,19H,6-9H2,1H3,(H,23,28)(H,24,29)(H,31,32)/t16?,19-/m0/s1. The SMILES string of the molecule is CC(=O)NCC1=C(C(=O)O)N2C(=O)C(NC(=O)CSc3nnc(COc4ccc(Cl)cc4)o3)[C@@H]2SC1. The first-order valence-corrected chi connectivity index (χ1v) is 12.9. The quantitative estimate of drug-likeness (QED) is 0.286. The number of ether oxygens (including phenoxy) is 1. The number of fused-ring (bicyclic) bond motifs is 1. The van der Waals surface area contributed by atoms with Gasteiger partial charge in [0.1, 0.15) is 22.9 Å². The maximum Gasteiger partial charge on any atom is 0.352 e. The van der Waals surface area contributed by atoms with E-state index in [1.165, 1.54) is 18.7 Å². The summed E-state index contributed by atoms with van der Waals surface area (Å²) in [7, 11) is 0. The monoisotopic (exact) mass is 553 g/mol. The van der Waals surface area contributed by atoms with Gasteiger partial charge >= 0.3 is 5.97 Å². The summed E-state index contributed by atoms with van der Waals surface area (Å²) in [6.45, 7) is 1.39. The molecule has 0 spiro atoms. The third-order valence-electron chi connectivity index (χ3n) is 5.07. The predicted octanol–water partition coefficient (Wildman–Crippen LogP) is 1.27. The number of aromatic nitrogens is 2. The molecule has 0 bridgehead atoms. The molecule has 3 heterocycles. The van der Waals surface area contributed by atoms with E-state index in [0.717, 1.165) is 16.7 Å². The molecule has 36 heavy (non-hydrogen) atoms. The summed E-state index contributed by atoms with van der Waals surface area (Å²) in [5, 5.41) is 22.7. The highest BCUT2D eigenvalue weighted by Crippen LogP contribution is 2.40. The number of thioether (sulfide) groups is 2. The van der Waals surface area contributed by atoms with Crippen molar-refractivity contribution in [2.75, 3.05) is 18.1 Å². The molecule has 1 aromatic heterocycles. The molecule has 4 rings (SSSR count). The zero-order valence-corrected chi connectivity index (χ0v) is 21.1. The number of nitrogens with zero attached hydrogens (tertiary/aromatic N) is 3. The maximum absolute atomic E-state index is 12.7. The molecule has 15 heteroatoms. The first kappa shape index (κ1) is 25.9.